The fourth-order valence-corrected chi connectivity index (χ4v) is 2.02. The third kappa shape index (κ3) is 2.14. The Bertz CT molecular complexity index is 387. The largest absolute Gasteiger partial charge is 0.355 e. The summed E-state index contributed by atoms with van der Waals surface area (Å²) in [6.07, 6.45) is 0. The number of benzene rings is 1. The minimum Gasteiger partial charge on any atom is -0.355 e. The highest BCUT2D eigenvalue weighted by molar-refractivity contribution is 5.63. The van der Waals surface area contributed by atoms with E-state index in [2.05, 4.69) is 11.9 Å². The van der Waals surface area contributed by atoms with Crippen molar-refractivity contribution in [3.63, 3.8) is 0 Å². The first-order valence-corrected chi connectivity index (χ1v) is 5.48. The van der Waals surface area contributed by atoms with Gasteiger partial charge in [-0.15, -0.1) is 0 Å². The van der Waals surface area contributed by atoms with Crippen LogP contribution >= 0.6 is 0 Å². The van der Waals surface area contributed by atoms with Gasteiger partial charge in [-0.2, -0.15) is 0 Å². The first-order chi connectivity index (χ1) is 7.68. The minimum absolute atomic E-state index is 0.210. The van der Waals surface area contributed by atoms with Crippen LogP contribution in [-0.4, -0.2) is 38.2 Å². The molecule has 0 unspecified atom stereocenters. The van der Waals surface area contributed by atoms with Gasteiger partial charge in [-0.25, -0.2) is 0 Å². The number of likely N-dealkylation sites (N-methyl/N-ethyl adjacent to an activating group) is 1. The van der Waals surface area contributed by atoms with Crippen LogP contribution in [0.2, 0.25) is 0 Å². The van der Waals surface area contributed by atoms with Gasteiger partial charge in [0.2, 0.25) is 0 Å². The highest BCUT2D eigenvalue weighted by Gasteiger charge is 2.23. The molecule has 2 rings (SSSR count). The van der Waals surface area contributed by atoms with Crippen molar-refractivity contribution in [1.82, 2.24) is 0 Å². The fourth-order valence-electron chi connectivity index (χ4n) is 2.02. The molecule has 0 atom stereocenters. The minimum atomic E-state index is -0.305. The zero-order valence-corrected chi connectivity index (χ0v) is 9.35. The second kappa shape index (κ2) is 4.49. The van der Waals surface area contributed by atoms with Gasteiger partial charge in [0.25, 0.3) is 5.69 Å². The SMILES string of the molecule is C[NH+]1CCN(c2ccccc2[N+](=O)[O-])CC1. The van der Waals surface area contributed by atoms with E-state index in [0.717, 1.165) is 31.9 Å². The molecule has 5 heteroatoms. The van der Waals surface area contributed by atoms with Crippen molar-refractivity contribution >= 4 is 11.4 Å². The smallest absolute Gasteiger partial charge is 0.292 e. The van der Waals surface area contributed by atoms with Gasteiger partial charge in [0.05, 0.1) is 38.2 Å². The molecular formula is C11H16N3O2+. The number of rotatable bonds is 2. The number of nitrogens with one attached hydrogen (secondary N) is 1. The van der Waals surface area contributed by atoms with Crippen LogP contribution in [0.1, 0.15) is 0 Å². The molecule has 86 valence electrons. The molecule has 0 aromatic heterocycles. The Morgan fingerprint density at radius 2 is 1.94 bits per heavy atom. The molecule has 1 heterocycles. The molecule has 1 aromatic rings. The molecule has 0 bridgehead atoms. The van der Waals surface area contributed by atoms with E-state index in [1.54, 1.807) is 12.1 Å². The van der Waals surface area contributed by atoms with Crippen LogP contribution in [-0.2, 0) is 0 Å². The highest BCUT2D eigenvalue weighted by atomic mass is 16.6. The third-order valence-corrected chi connectivity index (χ3v) is 3.04. The maximum absolute atomic E-state index is 10.9. The lowest BCUT2D eigenvalue weighted by Crippen LogP contribution is -3.12. The molecule has 1 aliphatic heterocycles. The monoisotopic (exact) mass is 222 g/mol. The van der Waals surface area contributed by atoms with Crippen molar-refractivity contribution in [2.45, 2.75) is 0 Å². The molecule has 0 aliphatic carbocycles. The van der Waals surface area contributed by atoms with Gasteiger partial charge in [0, 0.05) is 6.07 Å². The molecule has 5 nitrogen and oxygen atoms in total. The number of quaternary nitrogens is 1. The second-order valence-corrected chi connectivity index (χ2v) is 4.19. The lowest BCUT2D eigenvalue weighted by molar-refractivity contribution is -0.880. The molecule has 1 aromatic carbocycles. The Hall–Kier alpha value is -1.62. The Balaban J connectivity index is 2.23. The van der Waals surface area contributed by atoms with Crippen LogP contribution in [0.3, 0.4) is 0 Å². The van der Waals surface area contributed by atoms with Gasteiger partial charge in [0.15, 0.2) is 0 Å². The molecule has 0 spiro atoms. The number of nitro groups is 1. The van der Waals surface area contributed by atoms with E-state index in [1.165, 1.54) is 4.90 Å². The number of hydrogen-bond donors (Lipinski definition) is 1. The average Bonchev–Trinajstić information content (AvgIpc) is 2.30. The summed E-state index contributed by atoms with van der Waals surface area (Å²) in [5.74, 6) is 0. The van der Waals surface area contributed by atoms with Gasteiger partial charge in [-0.1, -0.05) is 12.1 Å². The second-order valence-electron chi connectivity index (χ2n) is 4.19. The van der Waals surface area contributed by atoms with Crippen molar-refractivity contribution in [2.24, 2.45) is 0 Å². The van der Waals surface area contributed by atoms with E-state index in [9.17, 15) is 10.1 Å². The molecule has 0 saturated carbocycles. The van der Waals surface area contributed by atoms with Crippen LogP contribution < -0.4 is 9.80 Å². The zero-order valence-electron chi connectivity index (χ0n) is 9.35. The van der Waals surface area contributed by atoms with Gasteiger partial charge in [0.1, 0.15) is 5.69 Å². The van der Waals surface area contributed by atoms with E-state index in [-0.39, 0.29) is 10.6 Å². The number of nitro benzene ring substituents is 1. The van der Waals surface area contributed by atoms with Crippen LogP contribution in [0.5, 0.6) is 0 Å². The standard InChI is InChI=1S/C11H15N3O2/c1-12-6-8-13(9-7-12)10-4-2-3-5-11(10)14(15)16/h2-5H,6-9H2,1H3/p+1. The summed E-state index contributed by atoms with van der Waals surface area (Å²) in [5.41, 5.74) is 0.960. The number of piperazine rings is 1. The predicted molar refractivity (Wildman–Crippen MR) is 61.9 cm³/mol. The maximum atomic E-state index is 10.9. The molecule has 1 N–H and O–H groups in total. The summed E-state index contributed by atoms with van der Waals surface area (Å²) in [6.45, 7) is 3.84. The molecule has 1 fully saturated rings. The molecule has 0 radical (unpaired) electrons. The maximum Gasteiger partial charge on any atom is 0.292 e. The van der Waals surface area contributed by atoms with E-state index in [0.29, 0.717) is 0 Å². The molecule has 1 aliphatic rings. The van der Waals surface area contributed by atoms with Crippen molar-refractivity contribution in [3.05, 3.63) is 34.4 Å². The van der Waals surface area contributed by atoms with Crippen molar-refractivity contribution < 1.29 is 9.82 Å². The Kier molecular flexibility index (Phi) is 3.05. The first-order valence-electron chi connectivity index (χ1n) is 5.48. The van der Waals surface area contributed by atoms with Gasteiger partial charge < -0.3 is 9.80 Å². The first kappa shape index (κ1) is 10.9. The van der Waals surface area contributed by atoms with E-state index < -0.39 is 0 Å². The quantitative estimate of drug-likeness (QED) is 0.563. The number of para-hydroxylation sites is 2. The van der Waals surface area contributed by atoms with Crippen LogP contribution in [0.15, 0.2) is 24.3 Å². The highest BCUT2D eigenvalue weighted by Crippen LogP contribution is 2.27. The van der Waals surface area contributed by atoms with Crippen molar-refractivity contribution in [2.75, 3.05) is 38.1 Å². The summed E-state index contributed by atoms with van der Waals surface area (Å²) in [6, 6.07) is 6.97. The Morgan fingerprint density at radius 3 is 2.56 bits per heavy atom. The van der Waals surface area contributed by atoms with E-state index >= 15 is 0 Å². The Labute approximate surface area is 94.4 Å². The van der Waals surface area contributed by atoms with Crippen LogP contribution in [0, 0.1) is 10.1 Å². The number of nitrogens with zero attached hydrogens (tertiary/aromatic N) is 2. The normalized spacial score (nSPS) is 17.4. The van der Waals surface area contributed by atoms with E-state index in [4.69, 9.17) is 0 Å². The average molecular weight is 222 g/mol. The summed E-state index contributed by atoms with van der Waals surface area (Å²) in [5, 5.41) is 10.9. The van der Waals surface area contributed by atoms with Gasteiger partial charge in [-0.05, 0) is 6.07 Å². The number of anilines is 1. The van der Waals surface area contributed by atoms with Crippen LogP contribution in [0.25, 0.3) is 0 Å². The van der Waals surface area contributed by atoms with Gasteiger partial charge in [-0.3, -0.25) is 10.1 Å². The third-order valence-electron chi connectivity index (χ3n) is 3.04. The molecule has 16 heavy (non-hydrogen) atoms. The summed E-state index contributed by atoms with van der Waals surface area (Å²) >= 11 is 0. The Morgan fingerprint density at radius 1 is 1.31 bits per heavy atom. The zero-order chi connectivity index (χ0) is 11.5. The summed E-state index contributed by atoms with van der Waals surface area (Å²) in [4.78, 5) is 14.2. The summed E-state index contributed by atoms with van der Waals surface area (Å²) < 4.78 is 0. The lowest BCUT2D eigenvalue weighted by Gasteiger charge is -2.31. The molecular weight excluding hydrogens is 206 g/mol. The lowest BCUT2D eigenvalue weighted by atomic mass is 10.2. The van der Waals surface area contributed by atoms with Crippen molar-refractivity contribution in [3.8, 4) is 0 Å². The fraction of sp³-hybridized carbons (Fsp3) is 0.455. The predicted octanol–water partition coefficient (Wildman–Crippen LogP) is -0.0705. The van der Waals surface area contributed by atoms with Crippen molar-refractivity contribution in [1.29, 1.82) is 0 Å². The van der Waals surface area contributed by atoms with E-state index in [1.807, 2.05) is 12.1 Å². The number of hydrogen-bond acceptors (Lipinski definition) is 3. The topological polar surface area (TPSA) is 50.8 Å². The van der Waals surface area contributed by atoms with Gasteiger partial charge >= 0.3 is 0 Å². The summed E-state index contributed by atoms with van der Waals surface area (Å²) in [7, 11) is 2.15. The van der Waals surface area contributed by atoms with Crippen LogP contribution in [0.4, 0.5) is 11.4 Å². The molecule has 1 saturated heterocycles. The molecule has 0 amide bonds.